The maximum Gasteiger partial charge on any atom is 0.253 e. The number of H-pyrrole nitrogens is 1. The Bertz CT molecular complexity index is 625. The molecule has 2 aromatic rings. The molecule has 1 aromatic carbocycles. The number of aromatic nitrogens is 1. The van der Waals surface area contributed by atoms with Crippen molar-refractivity contribution in [2.45, 2.75) is 13.0 Å². The highest BCUT2D eigenvalue weighted by molar-refractivity contribution is 6.35. The fraction of sp³-hybridized carbons (Fsp3) is 0.214. The second-order valence-corrected chi connectivity index (χ2v) is 5.25. The minimum atomic E-state index is -0.886. The van der Waals surface area contributed by atoms with Crippen molar-refractivity contribution in [3.05, 3.63) is 57.3 Å². The third-order valence-corrected chi connectivity index (χ3v) is 3.54. The lowest BCUT2D eigenvalue weighted by Crippen LogP contribution is -2.28. The SMILES string of the molecule is Cc1[nH]ccc1C(=O)NCC(O)c1ccc(Cl)cc1Cl. The normalized spacial score (nSPS) is 12.2. The van der Waals surface area contributed by atoms with Crippen LogP contribution < -0.4 is 5.32 Å². The first-order chi connectivity index (χ1) is 9.49. The molecule has 6 heteroatoms. The smallest absolute Gasteiger partial charge is 0.253 e. The first-order valence-corrected chi connectivity index (χ1v) is 6.80. The number of rotatable bonds is 4. The zero-order chi connectivity index (χ0) is 14.7. The van der Waals surface area contributed by atoms with Crippen molar-refractivity contribution >= 4 is 29.1 Å². The van der Waals surface area contributed by atoms with Crippen LogP contribution in [0.1, 0.15) is 27.7 Å². The highest BCUT2D eigenvalue weighted by atomic mass is 35.5. The van der Waals surface area contributed by atoms with Crippen LogP contribution in [0.3, 0.4) is 0 Å². The number of aryl methyl sites for hydroxylation is 1. The first kappa shape index (κ1) is 14.9. The molecule has 2 rings (SSSR count). The van der Waals surface area contributed by atoms with Crippen LogP contribution in [0, 0.1) is 6.92 Å². The predicted octanol–water partition coefficient (Wildman–Crippen LogP) is 3.09. The number of hydrogen-bond acceptors (Lipinski definition) is 2. The molecule has 0 spiro atoms. The molecule has 3 N–H and O–H groups in total. The fourth-order valence-electron chi connectivity index (χ4n) is 1.87. The van der Waals surface area contributed by atoms with Crippen molar-refractivity contribution in [1.82, 2.24) is 10.3 Å². The van der Waals surface area contributed by atoms with Gasteiger partial charge in [-0.2, -0.15) is 0 Å². The van der Waals surface area contributed by atoms with Gasteiger partial charge in [0.2, 0.25) is 0 Å². The lowest BCUT2D eigenvalue weighted by molar-refractivity contribution is 0.0916. The Hall–Kier alpha value is -1.49. The Morgan fingerprint density at radius 3 is 2.75 bits per heavy atom. The predicted molar refractivity (Wildman–Crippen MR) is 79.3 cm³/mol. The molecule has 106 valence electrons. The highest BCUT2D eigenvalue weighted by Crippen LogP contribution is 2.25. The molecule has 0 saturated carbocycles. The molecule has 1 amide bonds. The maximum atomic E-state index is 11.9. The number of carbonyl (C=O) groups is 1. The van der Waals surface area contributed by atoms with E-state index in [0.29, 0.717) is 21.2 Å². The van der Waals surface area contributed by atoms with Crippen molar-refractivity contribution in [2.24, 2.45) is 0 Å². The lowest BCUT2D eigenvalue weighted by Gasteiger charge is -2.14. The van der Waals surface area contributed by atoms with Gasteiger partial charge in [-0.1, -0.05) is 29.3 Å². The average molecular weight is 313 g/mol. The summed E-state index contributed by atoms with van der Waals surface area (Å²) in [6.07, 6.45) is 0.805. The molecule has 1 atom stereocenters. The van der Waals surface area contributed by atoms with Crippen molar-refractivity contribution < 1.29 is 9.90 Å². The van der Waals surface area contributed by atoms with Gasteiger partial charge in [0.15, 0.2) is 0 Å². The molecule has 0 aliphatic heterocycles. The van der Waals surface area contributed by atoms with Gasteiger partial charge >= 0.3 is 0 Å². The average Bonchev–Trinajstić information content (AvgIpc) is 2.82. The third-order valence-electron chi connectivity index (χ3n) is 2.98. The number of hydrogen-bond donors (Lipinski definition) is 3. The number of aromatic amines is 1. The number of aliphatic hydroxyl groups excluding tert-OH is 1. The summed E-state index contributed by atoms with van der Waals surface area (Å²) in [4.78, 5) is 14.8. The van der Waals surface area contributed by atoms with Crippen LogP contribution in [0.4, 0.5) is 0 Å². The van der Waals surface area contributed by atoms with E-state index in [1.165, 1.54) is 0 Å². The molecule has 0 bridgehead atoms. The number of carbonyl (C=O) groups excluding carboxylic acids is 1. The minimum Gasteiger partial charge on any atom is -0.387 e. The van der Waals surface area contributed by atoms with E-state index in [1.807, 2.05) is 0 Å². The van der Waals surface area contributed by atoms with E-state index >= 15 is 0 Å². The Labute approximate surface area is 126 Å². The quantitative estimate of drug-likeness (QED) is 0.812. The molecule has 1 aromatic heterocycles. The number of aliphatic hydroxyl groups is 1. The van der Waals surface area contributed by atoms with Crippen molar-refractivity contribution in [3.8, 4) is 0 Å². The molecule has 1 unspecified atom stereocenters. The van der Waals surface area contributed by atoms with E-state index in [-0.39, 0.29) is 12.5 Å². The van der Waals surface area contributed by atoms with Crippen LogP contribution in [0.5, 0.6) is 0 Å². The molecular weight excluding hydrogens is 299 g/mol. The maximum absolute atomic E-state index is 11.9. The number of halogens is 2. The summed E-state index contributed by atoms with van der Waals surface area (Å²) in [7, 11) is 0. The van der Waals surface area contributed by atoms with E-state index < -0.39 is 6.10 Å². The van der Waals surface area contributed by atoms with E-state index in [0.717, 1.165) is 5.69 Å². The molecule has 20 heavy (non-hydrogen) atoms. The van der Waals surface area contributed by atoms with Gasteiger partial charge in [-0.25, -0.2) is 0 Å². The second kappa shape index (κ2) is 6.31. The summed E-state index contributed by atoms with van der Waals surface area (Å²) < 4.78 is 0. The molecule has 4 nitrogen and oxygen atoms in total. The van der Waals surface area contributed by atoms with Crippen LogP contribution in [-0.4, -0.2) is 22.5 Å². The van der Waals surface area contributed by atoms with Gasteiger partial charge in [-0.05, 0) is 25.1 Å². The standard InChI is InChI=1S/C14H14Cl2N2O2/c1-8-10(4-5-17-8)14(20)18-7-13(19)11-3-2-9(15)6-12(11)16/h2-6,13,17,19H,7H2,1H3,(H,18,20). The molecule has 0 aliphatic rings. The highest BCUT2D eigenvalue weighted by Gasteiger charge is 2.15. The molecule has 0 aliphatic carbocycles. The van der Waals surface area contributed by atoms with E-state index in [9.17, 15) is 9.90 Å². The van der Waals surface area contributed by atoms with Crippen LogP contribution in [0.15, 0.2) is 30.5 Å². The van der Waals surface area contributed by atoms with Gasteiger partial charge in [0.1, 0.15) is 0 Å². The Morgan fingerprint density at radius 1 is 1.40 bits per heavy atom. The van der Waals surface area contributed by atoms with Gasteiger partial charge in [0, 0.05) is 34.0 Å². The van der Waals surface area contributed by atoms with Crippen LogP contribution in [0.25, 0.3) is 0 Å². The van der Waals surface area contributed by atoms with Crippen LogP contribution in [-0.2, 0) is 0 Å². The molecule has 0 fully saturated rings. The Morgan fingerprint density at radius 2 is 2.15 bits per heavy atom. The Balaban J connectivity index is 2.00. The molecular formula is C14H14Cl2N2O2. The number of benzene rings is 1. The zero-order valence-electron chi connectivity index (χ0n) is 10.8. The van der Waals surface area contributed by atoms with E-state index in [1.54, 1.807) is 37.4 Å². The lowest BCUT2D eigenvalue weighted by atomic mass is 10.1. The van der Waals surface area contributed by atoms with E-state index in [2.05, 4.69) is 10.3 Å². The third kappa shape index (κ3) is 3.33. The van der Waals surface area contributed by atoms with E-state index in [4.69, 9.17) is 23.2 Å². The summed E-state index contributed by atoms with van der Waals surface area (Å²) in [5, 5.41) is 13.6. The van der Waals surface area contributed by atoms with Gasteiger partial charge in [0.05, 0.1) is 11.7 Å². The van der Waals surface area contributed by atoms with Crippen molar-refractivity contribution in [2.75, 3.05) is 6.54 Å². The number of nitrogens with one attached hydrogen (secondary N) is 2. The summed E-state index contributed by atoms with van der Waals surface area (Å²) in [6.45, 7) is 1.88. The van der Waals surface area contributed by atoms with Crippen molar-refractivity contribution in [1.29, 1.82) is 0 Å². The summed E-state index contributed by atoms with van der Waals surface area (Å²) in [5.74, 6) is -0.243. The monoisotopic (exact) mass is 312 g/mol. The van der Waals surface area contributed by atoms with Crippen LogP contribution in [0.2, 0.25) is 10.0 Å². The molecule has 0 radical (unpaired) electrons. The number of amides is 1. The van der Waals surface area contributed by atoms with Gasteiger partial charge in [-0.3, -0.25) is 4.79 Å². The van der Waals surface area contributed by atoms with Gasteiger partial charge in [-0.15, -0.1) is 0 Å². The van der Waals surface area contributed by atoms with Crippen LogP contribution >= 0.6 is 23.2 Å². The summed E-state index contributed by atoms with van der Waals surface area (Å²) in [5.41, 5.74) is 1.86. The zero-order valence-corrected chi connectivity index (χ0v) is 12.3. The minimum absolute atomic E-state index is 0.0742. The largest absolute Gasteiger partial charge is 0.387 e. The second-order valence-electron chi connectivity index (χ2n) is 4.41. The topological polar surface area (TPSA) is 65.1 Å². The fourth-order valence-corrected chi connectivity index (χ4v) is 2.40. The van der Waals surface area contributed by atoms with Gasteiger partial charge < -0.3 is 15.4 Å². The summed E-state index contributed by atoms with van der Waals surface area (Å²) >= 11 is 11.8. The van der Waals surface area contributed by atoms with Crippen molar-refractivity contribution in [3.63, 3.8) is 0 Å². The molecule has 0 saturated heterocycles. The Kier molecular flexibility index (Phi) is 4.70. The first-order valence-electron chi connectivity index (χ1n) is 6.04. The summed E-state index contributed by atoms with van der Waals surface area (Å²) in [6, 6.07) is 6.53. The molecule has 1 heterocycles. The van der Waals surface area contributed by atoms with Gasteiger partial charge in [0.25, 0.3) is 5.91 Å².